The first kappa shape index (κ1) is 13.1. The van der Waals surface area contributed by atoms with Gasteiger partial charge in [0.05, 0.1) is 0 Å². The fourth-order valence-electron chi connectivity index (χ4n) is 3.23. The van der Waals surface area contributed by atoms with E-state index in [0.29, 0.717) is 12.1 Å². The van der Waals surface area contributed by atoms with E-state index in [2.05, 4.69) is 42.6 Å². The lowest BCUT2D eigenvalue weighted by molar-refractivity contribution is 0.0539. The van der Waals surface area contributed by atoms with E-state index in [1.807, 2.05) is 0 Å². The molecule has 2 fully saturated rings. The van der Waals surface area contributed by atoms with Crippen molar-refractivity contribution in [3.8, 4) is 0 Å². The van der Waals surface area contributed by atoms with Crippen LogP contribution in [0.2, 0.25) is 0 Å². The van der Waals surface area contributed by atoms with Crippen molar-refractivity contribution in [3.63, 3.8) is 0 Å². The molecule has 0 bridgehead atoms. The van der Waals surface area contributed by atoms with Crippen LogP contribution in [-0.2, 0) is 4.74 Å². The molecule has 2 aliphatic rings. The van der Waals surface area contributed by atoms with Crippen molar-refractivity contribution < 1.29 is 4.74 Å². The normalized spacial score (nSPS) is 24.1. The van der Waals surface area contributed by atoms with Crippen LogP contribution < -0.4 is 5.32 Å². The van der Waals surface area contributed by atoms with Crippen LogP contribution in [-0.4, -0.2) is 19.3 Å². The van der Waals surface area contributed by atoms with Gasteiger partial charge in [-0.15, -0.1) is 0 Å². The number of benzene rings is 1. The molecule has 1 aromatic rings. The first-order valence-electron chi connectivity index (χ1n) is 7.73. The molecule has 19 heavy (non-hydrogen) atoms. The van der Waals surface area contributed by atoms with E-state index < -0.39 is 0 Å². The van der Waals surface area contributed by atoms with E-state index in [9.17, 15) is 0 Å². The molecule has 1 aliphatic carbocycles. The van der Waals surface area contributed by atoms with E-state index in [1.165, 1.54) is 31.2 Å². The third-order valence-electron chi connectivity index (χ3n) is 4.67. The summed E-state index contributed by atoms with van der Waals surface area (Å²) in [6, 6.07) is 12.1. The van der Waals surface area contributed by atoms with Crippen LogP contribution in [0.25, 0.3) is 0 Å². The number of ether oxygens (including phenoxy) is 1. The zero-order valence-corrected chi connectivity index (χ0v) is 11.8. The quantitative estimate of drug-likeness (QED) is 0.873. The predicted octanol–water partition coefficient (Wildman–Crippen LogP) is 3.54. The standard InChI is InChI=1S/C17H25NO/c1-13(14-9-11-19-12-10-14)18-17(16-7-8-16)15-5-3-2-4-6-15/h2-6,13-14,16-18H,7-12H2,1H3. The van der Waals surface area contributed by atoms with Crippen molar-refractivity contribution in [1.82, 2.24) is 5.32 Å². The summed E-state index contributed by atoms with van der Waals surface area (Å²) in [5.74, 6) is 1.63. The second kappa shape index (κ2) is 6.06. The lowest BCUT2D eigenvalue weighted by Gasteiger charge is -2.32. The Balaban J connectivity index is 1.64. The molecule has 1 N–H and O–H groups in total. The van der Waals surface area contributed by atoms with Crippen molar-refractivity contribution in [2.24, 2.45) is 11.8 Å². The minimum atomic E-state index is 0.555. The van der Waals surface area contributed by atoms with Gasteiger partial charge in [0.25, 0.3) is 0 Å². The summed E-state index contributed by atoms with van der Waals surface area (Å²) in [5.41, 5.74) is 1.46. The lowest BCUT2D eigenvalue weighted by Crippen LogP contribution is -2.39. The van der Waals surface area contributed by atoms with Crippen LogP contribution in [0.3, 0.4) is 0 Å². The van der Waals surface area contributed by atoms with Gasteiger partial charge in [-0.1, -0.05) is 30.3 Å². The highest BCUT2D eigenvalue weighted by atomic mass is 16.5. The molecule has 1 saturated heterocycles. The summed E-state index contributed by atoms with van der Waals surface area (Å²) in [7, 11) is 0. The topological polar surface area (TPSA) is 21.3 Å². The zero-order valence-electron chi connectivity index (χ0n) is 11.8. The molecule has 1 aliphatic heterocycles. The SMILES string of the molecule is CC(NC(c1ccccc1)C1CC1)C1CCOCC1. The van der Waals surface area contributed by atoms with Gasteiger partial charge in [0.1, 0.15) is 0 Å². The Morgan fingerprint density at radius 3 is 2.32 bits per heavy atom. The Kier molecular flexibility index (Phi) is 4.19. The second-order valence-corrected chi connectivity index (χ2v) is 6.13. The van der Waals surface area contributed by atoms with E-state index in [0.717, 1.165) is 25.0 Å². The summed E-state index contributed by atoms with van der Waals surface area (Å²) < 4.78 is 5.47. The van der Waals surface area contributed by atoms with Gasteiger partial charge < -0.3 is 10.1 Å². The van der Waals surface area contributed by atoms with Gasteiger partial charge in [0.15, 0.2) is 0 Å². The van der Waals surface area contributed by atoms with Gasteiger partial charge in [0.2, 0.25) is 0 Å². The fourth-order valence-corrected chi connectivity index (χ4v) is 3.23. The molecule has 104 valence electrons. The van der Waals surface area contributed by atoms with Crippen LogP contribution in [0.4, 0.5) is 0 Å². The second-order valence-electron chi connectivity index (χ2n) is 6.13. The van der Waals surface area contributed by atoms with Crippen LogP contribution in [0.15, 0.2) is 30.3 Å². The summed E-state index contributed by atoms with van der Waals surface area (Å²) >= 11 is 0. The van der Waals surface area contributed by atoms with Crippen molar-refractivity contribution >= 4 is 0 Å². The van der Waals surface area contributed by atoms with E-state index in [1.54, 1.807) is 0 Å². The molecule has 0 amide bonds. The van der Waals surface area contributed by atoms with Crippen LogP contribution in [0, 0.1) is 11.8 Å². The maximum atomic E-state index is 5.47. The molecule has 1 aromatic carbocycles. The fraction of sp³-hybridized carbons (Fsp3) is 0.647. The molecule has 2 unspecified atom stereocenters. The van der Waals surface area contributed by atoms with Gasteiger partial charge in [0, 0.05) is 25.3 Å². The summed E-state index contributed by atoms with van der Waals surface area (Å²) in [6.45, 7) is 4.24. The third-order valence-corrected chi connectivity index (χ3v) is 4.67. The molecule has 3 rings (SSSR count). The van der Waals surface area contributed by atoms with Crippen molar-refractivity contribution in [2.75, 3.05) is 13.2 Å². The van der Waals surface area contributed by atoms with E-state index in [4.69, 9.17) is 4.74 Å². The van der Waals surface area contributed by atoms with Gasteiger partial charge in [-0.3, -0.25) is 0 Å². The highest BCUT2D eigenvalue weighted by Gasteiger charge is 2.34. The van der Waals surface area contributed by atoms with Crippen molar-refractivity contribution in [1.29, 1.82) is 0 Å². The third kappa shape index (κ3) is 3.37. The predicted molar refractivity (Wildman–Crippen MR) is 78.0 cm³/mol. The summed E-state index contributed by atoms with van der Waals surface area (Å²) in [4.78, 5) is 0. The van der Waals surface area contributed by atoms with Crippen LogP contribution >= 0.6 is 0 Å². The minimum Gasteiger partial charge on any atom is -0.381 e. The van der Waals surface area contributed by atoms with Gasteiger partial charge in [-0.05, 0) is 50.0 Å². The van der Waals surface area contributed by atoms with E-state index >= 15 is 0 Å². The monoisotopic (exact) mass is 259 g/mol. The molecular weight excluding hydrogens is 234 g/mol. The zero-order chi connectivity index (χ0) is 13.1. The van der Waals surface area contributed by atoms with Crippen molar-refractivity contribution in [2.45, 2.75) is 44.7 Å². The van der Waals surface area contributed by atoms with Gasteiger partial charge in [-0.2, -0.15) is 0 Å². The summed E-state index contributed by atoms with van der Waals surface area (Å²) in [5, 5.41) is 3.91. The molecule has 0 radical (unpaired) electrons. The Morgan fingerprint density at radius 1 is 1.00 bits per heavy atom. The van der Waals surface area contributed by atoms with Crippen LogP contribution in [0.1, 0.15) is 44.2 Å². The highest BCUT2D eigenvalue weighted by Crippen LogP contribution is 2.41. The average molecular weight is 259 g/mol. The van der Waals surface area contributed by atoms with Crippen molar-refractivity contribution in [3.05, 3.63) is 35.9 Å². The first-order valence-corrected chi connectivity index (χ1v) is 7.73. The number of rotatable bonds is 5. The Morgan fingerprint density at radius 2 is 1.68 bits per heavy atom. The molecule has 2 atom stereocenters. The average Bonchev–Trinajstić information content (AvgIpc) is 3.31. The minimum absolute atomic E-state index is 0.555. The molecular formula is C17H25NO. The summed E-state index contributed by atoms with van der Waals surface area (Å²) in [6.07, 6.45) is 5.18. The molecule has 2 heteroatoms. The molecule has 0 aromatic heterocycles. The molecule has 1 saturated carbocycles. The maximum absolute atomic E-state index is 5.47. The van der Waals surface area contributed by atoms with Crippen LogP contribution in [0.5, 0.6) is 0 Å². The highest BCUT2D eigenvalue weighted by molar-refractivity contribution is 5.21. The Bertz CT molecular complexity index is 382. The Labute approximate surface area is 116 Å². The number of hydrogen-bond donors (Lipinski definition) is 1. The molecule has 0 spiro atoms. The largest absolute Gasteiger partial charge is 0.381 e. The Hall–Kier alpha value is -0.860. The molecule has 2 nitrogen and oxygen atoms in total. The molecule has 1 heterocycles. The van der Waals surface area contributed by atoms with Gasteiger partial charge >= 0.3 is 0 Å². The van der Waals surface area contributed by atoms with Gasteiger partial charge in [-0.25, -0.2) is 0 Å². The van der Waals surface area contributed by atoms with E-state index in [-0.39, 0.29) is 0 Å². The lowest BCUT2D eigenvalue weighted by atomic mass is 9.91. The maximum Gasteiger partial charge on any atom is 0.0469 e. The first-order chi connectivity index (χ1) is 9.34. The smallest absolute Gasteiger partial charge is 0.0469 e. The number of hydrogen-bond acceptors (Lipinski definition) is 2. The number of nitrogens with one attached hydrogen (secondary N) is 1.